The standard InChI is InChI=1S/C20H18F2N2/c1-13-18-9-14(10-20(21)22)3-4-16(18)12-24(13)17-5-6-19-15(11-17)7-8-23(19)2/h3-9,11,20H,1,10,12H2,2H3. The summed E-state index contributed by atoms with van der Waals surface area (Å²) in [5, 5.41) is 1.18. The van der Waals surface area contributed by atoms with Crippen LogP contribution in [0.3, 0.4) is 0 Å². The Morgan fingerprint density at radius 2 is 1.96 bits per heavy atom. The fourth-order valence-corrected chi connectivity index (χ4v) is 3.43. The maximum absolute atomic E-state index is 12.6. The summed E-state index contributed by atoms with van der Waals surface area (Å²) in [4.78, 5) is 2.14. The third-order valence-corrected chi connectivity index (χ3v) is 4.71. The van der Waals surface area contributed by atoms with Crippen molar-refractivity contribution in [3.05, 3.63) is 71.9 Å². The summed E-state index contributed by atoms with van der Waals surface area (Å²) in [6.45, 7) is 4.92. The van der Waals surface area contributed by atoms with E-state index in [1.165, 1.54) is 10.9 Å². The zero-order chi connectivity index (χ0) is 16.8. The van der Waals surface area contributed by atoms with E-state index in [2.05, 4.69) is 40.3 Å². The van der Waals surface area contributed by atoms with Gasteiger partial charge < -0.3 is 9.47 Å². The summed E-state index contributed by atoms with van der Waals surface area (Å²) in [5.41, 5.74) is 5.89. The topological polar surface area (TPSA) is 8.17 Å². The molecule has 0 amide bonds. The molecule has 1 aliphatic heterocycles. The third-order valence-electron chi connectivity index (χ3n) is 4.71. The summed E-state index contributed by atoms with van der Waals surface area (Å²) < 4.78 is 27.3. The molecule has 0 spiro atoms. The van der Waals surface area contributed by atoms with Crippen molar-refractivity contribution in [2.75, 3.05) is 4.90 Å². The second-order valence-electron chi connectivity index (χ2n) is 6.29. The number of benzene rings is 2. The second kappa shape index (κ2) is 5.48. The molecule has 0 aliphatic carbocycles. The van der Waals surface area contributed by atoms with Crippen LogP contribution in [0.5, 0.6) is 0 Å². The first-order valence-electron chi connectivity index (χ1n) is 7.95. The van der Waals surface area contributed by atoms with Gasteiger partial charge in [0.2, 0.25) is 6.43 Å². The summed E-state index contributed by atoms with van der Waals surface area (Å²) in [7, 11) is 2.02. The lowest BCUT2D eigenvalue weighted by molar-refractivity contribution is 0.149. The largest absolute Gasteiger partial charge is 0.351 e. The summed E-state index contributed by atoms with van der Waals surface area (Å²) in [5.74, 6) is 0. The number of fused-ring (bicyclic) bond motifs is 2. The Kier molecular flexibility index (Phi) is 3.41. The number of aryl methyl sites for hydroxylation is 1. The van der Waals surface area contributed by atoms with Crippen molar-refractivity contribution < 1.29 is 8.78 Å². The lowest BCUT2D eigenvalue weighted by Crippen LogP contribution is -2.12. The number of nitrogens with zero attached hydrogens (tertiary/aromatic N) is 2. The van der Waals surface area contributed by atoms with Crippen molar-refractivity contribution in [1.82, 2.24) is 4.57 Å². The molecule has 4 rings (SSSR count). The number of aromatic nitrogens is 1. The number of alkyl halides is 2. The van der Waals surface area contributed by atoms with Gasteiger partial charge in [-0.05, 0) is 41.5 Å². The Hall–Kier alpha value is -2.62. The SMILES string of the molecule is C=C1c2cc(CC(F)F)ccc2CN1c1ccc2c(ccn2C)c1. The van der Waals surface area contributed by atoms with Gasteiger partial charge in [0.25, 0.3) is 0 Å². The fourth-order valence-electron chi connectivity index (χ4n) is 3.43. The van der Waals surface area contributed by atoms with Crippen LogP contribution in [0, 0.1) is 0 Å². The molecule has 2 aromatic carbocycles. The lowest BCUT2D eigenvalue weighted by Gasteiger charge is -2.19. The van der Waals surface area contributed by atoms with Crippen LogP contribution in [-0.2, 0) is 20.0 Å². The first-order valence-corrected chi connectivity index (χ1v) is 7.95. The highest BCUT2D eigenvalue weighted by Gasteiger charge is 2.24. The molecule has 1 aromatic heterocycles. The minimum atomic E-state index is -2.32. The van der Waals surface area contributed by atoms with Crippen molar-refractivity contribution in [2.45, 2.75) is 19.4 Å². The highest BCUT2D eigenvalue weighted by Crippen LogP contribution is 2.37. The molecule has 0 saturated heterocycles. The van der Waals surface area contributed by atoms with E-state index in [1.807, 2.05) is 25.4 Å². The van der Waals surface area contributed by atoms with E-state index >= 15 is 0 Å². The average Bonchev–Trinajstić information content (AvgIpc) is 3.08. The Morgan fingerprint density at radius 1 is 1.12 bits per heavy atom. The first kappa shape index (κ1) is 14.9. The normalized spacial score (nSPS) is 14.0. The minimum absolute atomic E-state index is 0.212. The maximum Gasteiger partial charge on any atom is 0.242 e. The Balaban J connectivity index is 1.68. The molecule has 1 aliphatic rings. The van der Waals surface area contributed by atoms with E-state index in [-0.39, 0.29) is 6.42 Å². The molecule has 4 heteroatoms. The lowest BCUT2D eigenvalue weighted by atomic mass is 10.0. The molecule has 122 valence electrons. The van der Waals surface area contributed by atoms with E-state index < -0.39 is 6.43 Å². The van der Waals surface area contributed by atoms with Gasteiger partial charge in [0.1, 0.15) is 0 Å². The van der Waals surface area contributed by atoms with Gasteiger partial charge in [-0.1, -0.05) is 18.7 Å². The first-order chi connectivity index (χ1) is 11.5. The fraction of sp³-hybridized carbons (Fsp3) is 0.200. The van der Waals surface area contributed by atoms with Crippen LogP contribution in [0.25, 0.3) is 16.6 Å². The van der Waals surface area contributed by atoms with Crippen molar-refractivity contribution in [3.63, 3.8) is 0 Å². The molecular formula is C20H18F2N2. The predicted octanol–water partition coefficient (Wildman–Crippen LogP) is 4.98. The van der Waals surface area contributed by atoms with Crippen LogP contribution in [0.1, 0.15) is 16.7 Å². The molecule has 0 bridgehead atoms. The van der Waals surface area contributed by atoms with Crippen molar-refractivity contribution in [3.8, 4) is 0 Å². The number of anilines is 1. The molecule has 0 radical (unpaired) electrons. The Morgan fingerprint density at radius 3 is 2.75 bits per heavy atom. The molecular weight excluding hydrogens is 306 g/mol. The van der Waals surface area contributed by atoms with Gasteiger partial charge in [0, 0.05) is 54.1 Å². The van der Waals surface area contributed by atoms with E-state index in [1.54, 1.807) is 6.07 Å². The summed E-state index contributed by atoms with van der Waals surface area (Å²) >= 11 is 0. The smallest absolute Gasteiger partial charge is 0.242 e. The molecule has 0 atom stereocenters. The van der Waals surface area contributed by atoms with Gasteiger partial charge in [0.15, 0.2) is 0 Å². The zero-order valence-corrected chi connectivity index (χ0v) is 13.5. The maximum atomic E-state index is 12.6. The van der Waals surface area contributed by atoms with Crippen molar-refractivity contribution in [1.29, 1.82) is 0 Å². The number of rotatable bonds is 3. The third kappa shape index (κ3) is 2.39. The van der Waals surface area contributed by atoms with E-state index in [0.29, 0.717) is 5.56 Å². The van der Waals surface area contributed by atoms with Crippen molar-refractivity contribution >= 4 is 22.3 Å². The van der Waals surface area contributed by atoms with Crippen LogP contribution < -0.4 is 4.90 Å². The van der Waals surface area contributed by atoms with Gasteiger partial charge in [-0.15, -0.1) is 0 Å². The van der Waals surface area contributed by atoms with Crippen molar-refractivity contribution in [2.24, 2.45) is 7.05 Å². The Bertz CT molecular complexity index is 940. The second-order valence-corrected chi connectivity index (χ2v) is 6.29. The molecule has 0 unspecified atom stereocenters. The van der Waals surface area contributed by atoms with Crippen LogP contribution >= 0.6 is 0 Å². The summed E-state index contributed by atoms with van der Waals surface area (Å²) in [6, 6.07) is 14.0. The van der Waals surface area contributed by atoms with Gasteiger partial charge in [-0.3, -0.25) is 0 Å². The molecule has 0 fully saturated rings. The molecule has 2 nitrogen and oxygen atoms in total. The van der Waals surface area contributed by atoms with E-state index in [4.69, 9.17) is 0 Å². The summed E-state index contributed by atoms with van der Waals surface area (Å²) in [6.07, 6.45) is -0.496. The average molecular weight is 324 g/mol. The number of hydrogen-bond acceptors (Lipinski definition) is 1. The minimum Gasteiger partial charge on any atom is -0.351 e. The predicted molar refractivity (Wildman–Crippen MR) is 94.3 cm³/mol. The quantitative estimate of drug-likeness (QED) is 0.660. The van der Waals surface area contributed by atoms with Crippen LogP contribution in [0.4, 0.5) is 14.5 Å². The van der Waals surface area contributed by atoms with Gasteiger partial charge in [-0.2, -0.15) is 0 Å². The zero-order valence-electron chi connectivity index (χ0n) is 13.5. The van der Waals surface area contributed by atoms with Crippen LogP contribution in [-0.4, -0.2) is 11.0 Å². The molecule has 24 heavy (non-hydrogen) atoms. The molecule has 2 heterocycles. The van der Waals surface area contributed by atoms with E-state index in [9.17, 15) is 8.78 Å². The molecule has 3 aromatic rings. The van der Waals surface area contributed by atoms with E-state index in [0.717, 1.165) is 29.1 Å². The van der Waals surface area contributed by atoms with Gasteiger partial charge in [-0.25, -0.2) is 8.78 Å². The molecule has 0 N–H and O–H groups in total. The highest BCUT2D eigenvalue weighted by atomic mass is 19.3. The Labute approximate surface area is 139 Å². The van der Waals surface area contributed by atoms with Crippen LogP contribution in [0.2, 0.25) is 0 Å². The van der Waals surface area contributed by atoms with Gasteiger partial charge >= 0.3 is 0 Å². The van der Waals surface area contributed by atoms with Crippen LogP contribution in [0.15, 0.2) is 55.2 Å². The number of halogens is 2. The number of hydrogen-bond donors (Lipinski definition) is 0. The highest BCUT2D eigenvalue weighted by molar-refractivity contribution is 5.89. The monoisotopic (exact) mass is 324 g/mol. The molecule has 0 saturated carbocycles. The van der Waals surface area contributed by atoms with Gasteiger partial charge in [0.05, 0.1) is 0 Å².